The molecule has 0 bridgehead atoms. The van der Waals surface area contributed by atoms with E-state index in [1.54, 1.807) is 6.20 Å². The molecule has 4 aromatic heterocycles. The van der Waals surface area contributed by atoms with E-state index in [0.29, 0.717) is 35.9 Å². The van der Waals surface area contributed by atoms with E-state index in [4.69, 9.17) is 9.97 Å². The minimum Gasteiger partial charge on any atom is -0.326 e. The number of aryl methyl sites for hydroxylation is 1. The zero-order valence-corrected chi connectivity index (χ0v) is 19.3. The van der Waals surface area contributed by atoms with Crippen molar-refractivity contribution < 1.29 is 4.79 Å². The third kappa shape index (κ3) is 3.62. The van der Waals surface area contributed by atoms with Crippen molar-refractivity contribution in [3.05, 3.63) is 41.2 Å². The number of nitrogens with zero attached hydrogens (tertiary/aromatic N) is 6. The Bertz CT molecular complexity index is 1340. The molecule has 5 heterocycles. The molecule has 170 valence electrons. The van der Waals surface area contributed by atoms with Gasteiger partial charge in [0.25, 0.3) is 5.91 Å². The van der Waals surface area contributed by atoms with Gasteiger partial charge in [-0.3, -0.25) is 19.6 Å². The van der Waals surface area contributed by atoms with Crippen LogP contribution in [0.1, 0.15) is 49.1 Å². The largest absolute Gasteiger partial charge is 0.326 e. The van der Waals surface area contributed by atoms with Crippen LogP contribution in [-0.2, 0) is 4.79 Å². The van der Waals surface area contributed by atoms with Crippen LogP contribution in [0.5, 0.6) is 0 Å². The fraction of sp³-hybridized carbons (Fsp3) is 0.409. The summed E-state index contributed by atoms with van der Waals surface area (Å²) in [5.41, 5.74) is 1.13. The Labute approximate surface area is 194 Å². The van der Waals surface area contributed by atoms with Crippen LogP contribution in [0.25, 0.3) is 5.65 Å². The van der Waals surface area contributed by atoms with Crippen LogP contribution >= 0.6 is 11.3 Å². The number of H-pyrrole nitrogens is 1. The highest BCUT2D eigenvalue weighted by Crippen LogP contribution is 2.40. The fourth-order valence-electron chi connectivity index (χ4n) is 4.41. The molecule has 3 N–H and O–H groups in total. The van der Waals surface area contributed by atoms with Crippen molar-refractivity contribution in [1.29, 1.82) is 0 Å². The molecule has 6 rings (SSSR count). The van der Waals surface area contributed by atoms with Gasteiger partial charge in [0.15, 0.2) is 10.9 Å². The lowest BCUT2D eigenvalue weighted by molar-refractivity contribution is -0.120. The van der Waals surface area contributed by atoms with Gasteiger partial charge in [-0.05, 0) is 51.7 Å². The normalized spacial score (nSPS) is 20.5. The van der Waals surface area contributed by atoms with Gasteiger partial charge in [0.2, 0.25) is 11.9 Å². The molecule has 0 unspecified atom stereocenters. The number of aromatic nitrogens is 6. The van der Waals surface area contributed by atoms with E-state index < -0.39 is 5.54 Å². The summed E-state index contributed by atoms with van der Waals surface area (Å²) in [6.07, 6.45) is 7.68. The van der Waals surface area contributed by atoms with Gasteiger partial charge < -0.3 is 10.2 Å². The molecule has 1 amide bonds. The number of carbonyl (C=O) groups excluding carboxylic acids is 1. The second-order valence-corrected chi connectivity index (χ2v) is 10.2. The maximum absolute atomic E-state index is 13.3. The predicted octanol–water partition coefficient (Wildman–Crippen LogP) is 3.84. The van der Waals surface area contributed by atoms with Crippen molar-refractivity contribution in [2.24, 2.45) is 0 Å². The number of hydrogen-bond donors (Lipinski definition) is 3. The first-order valence-corrected chi connectivity index (χ1v) is 12.0. The number of nitrogens with one attached hydrogen (secondary N) is 3. The van der Waals surface area contributed by atoms with Crippen molar-refractivity contribution in [2.75, 3.05) is 22.1 Å². The Morgan fingerprint density at radius 2 is 2.21 bits per heavy atom. The van der Waals surface area contributed by atoms with Crippen molar-refractivity contribution in [3.8, 4) is 0 Å². The molecule has 1 aliphatic carbocycles. The van der Waals surface area contributed by atoms with E-state index in [1.165, 1.54) is 24.2 Å². The zero-order chi connectivity index (χ0) is 22.6. The molecule has 33 heavy (non-hydrogen) atoms. The smallest absolute Gasteiger partial charge is 0.251 e. The maximum atomic E-state index is 13.3. The molecule has 1 saturated heterocycles. The first-order chi connectivity index (χ1) is 16.0. The molecule has 11 heteroatoms. The zero-order valence-electron chi connectivity index (χ0n) is 18.5. The average Bonchev–Trinajstić information content (AvgIpc) is 3.17. The summed E-state index contributed by atoms with van der Waals surface area (Å²) in [6, 6.07) is 5.90. The first kappa shape index (κ1) is 20.2. The van der Waals surface area contributed by atoms with Crippen molar-refractivity contribution >= 4 is 45.7 Å². The molecule has 4 aromatic rings. The van der Waals surface area contributed by atoms with E-state index in [9.17, 15) is 4.79 Å². The summed E-state index contributed by atoms with van der Waals surface area (Å²) in [5, 5.41) is 14.5. The molecule has 1 saturated carbocycles. The van der Waals surface area contributed by atoms with E-state index in [-0.39, 0.29) is 5.91 Å². The van der Waals surface area contributed by atoms with Crippen molar-refractivity contribution in [3.63, 3.8) is 0 Å². The SMILES string of the molecule is Cc1cnc(NC(=O)[C@]2(C)CCCN2c2nc(Nc3cc(C4CC4)[nH]n3)n3cccc3n2)s1. The summed E-state index contributed by atoms with van der Waals surface area (Å²) in [4.78, 5) is 30.3. The Kier molecular flexibility index (Phi) is 4.61. The highest BCUT2D eigenvalue weighted by atomic mass is 32.1. The average molecular weight is 464 g/mol. The number of fused-ring (bicyclic) bond motifs is 1. The minimum atomic E-state index is -0.771. The van der Waals surface area contributed by atoms with Crippen LogP contribution < -0.4 is 15.5 Å². The third-order valence-electron chi connectivity index (χ3n) is 6.44. The third-order valence-corrected chi connectivity index (χ3v) is 7.27. The second-order valence-electron chi connectivity index (χ2n) is 8.95. The number of carbonyl (C=O) groups is 1. The Morgan fingerprint density at radius 1 is 1.33 bits per heavy atom. The van der Waals surface area contributed by atoms with Gasteiger partial charge >= 0.3 is 0 Å². The molecular weight excluding hydrogens is 438 g/mol. The number of hydrogen-bond acceptors (Lipinski definition) is 8. The highest BCUT2D eigenvalue weighted by Gasteiger charge is 2.45. The molecule has 0 radical (unpaired) electrons. The fourth-order valence-corrected chi connectivity index (χ4v) is 5.07. The van der Waals surface area contributed by atoms with E-state index in [1.807, 2.05) is 47.5 Å². The topological polar surface area (TPSA) is 116 Å². The van der Waals surface area contributed by atoms with Crippen LogP contribution in [0.4, 0.5) is 22.8 Å². The van der Waals surface area contributed by atoms with Crippen LogP contribution in [0, 0.1) is 6.92 Å². The Balaban J connectivity index is 1.32. The number of aromatic amines is 1. The molecule has 1 atom stereocenters. The first-order valence-electron chi connectivity index (χ1n) is 11.2. The standard InChI is InChI=1S/C22H25N9OS/c1-13-12-23-21(33-13)26-18(32)22(2)8-4-10-31(22)20-25-17-5-3-9-30(17)19(27-20)24-16-11-15(28-29-16)14-6-7-14/h3,5,9,11-12,14H,4,6-8,10H2,1-2H3,(H,23,26,32)(H2,24,25,27,28,29)/t22-/m0/s1. The monoisotopic (exact) mass is 463 g/mol. The Hall–Kier alpha value is -3.47. The lowest BCUT2D eigenvalue weighted by Crippen LogP contribution is -2.51. The molecular formula is C22H25N9OS. The molecule has 2 aliphatic rings. The van der Waals surface area contributed by atoms with Gasteiger partial charge in [-0.25, -0.2) is 4.98 Å². The summed E-state index contributed by atoms with van der Waals surface area (Å²) >= 11 is 1.47. The summed E-state index contributed by atoms with van der Waals surface area (Å²) in [7, 11) is 0. The lowest BCUT2D eigenvalue weighted by atomic mass is 9.98. The maximum Gasteiger partial charge on any atom is 0.251 e. The summed E-state index contributed by atoms with van der Waals surface area (Å²) < 4.78 is 1.89. The number of rotatable bonds is 6. The van der Waals surface area contributed by atoms with E-state index in [0.717, 1.165) is 28.5 Å². The van der Waals surface area contributed by atoms with Gasteiger partial charge in [0, 0.05) is 41.5 Å². The van der Waals surface area contributed by atoms with Crippen LogP contribution in [0.15, 0.2) is 30.6 Å². The van der Waals surface area contributed by atoms with Gasteiger partial charge in [-0.2, -0.15) is 15.1 Å². The van der Waals surface area contributed by atoms with Crippen molar-refractivity contribution in [1.82, 2.24) is 29.5 Å². The Morgan fingerprint density at radius 3 is 3.00 bits per heavy atom. The highest BCUT2D eigenvalue weighted by molar-refractivity contribution is 7.15. The van der Waals surface area contributed by atoms with Gasteiger partial charge in [0.05, 0.1) is 0 Å². The summed E-state index contributed by atoms with van der Waals surface area (Å²) in [5.74, 6) is 2.35. The summed E-state index contributed by atoms with van der Waals surface area (Å²) in [6.45, 7) is 4.62. The molecule has 0 spiro atoms. The van der Waals surface area contributed by atoms with Gasteiger partial charge in [-0.15, -0.1) is 11.3 Å². The van der Waals surface area contributed by atoms with E-state index in [2.05, 4.69) is 25.8 Å². The van der Waals surface area contributed by atoms with Gasteiger partial charge in [0.1, 0.15) is 11.2 Å². The molecule has 0 aromatic carbocycles. The van der Waals surface area contributed by atoms with Gasteiger partial charge in [-0.1, -0.05) is 0 Å². The predicted molar refractivity (Wildman–Crippen MR) is 127 cm³/mol. The van der Waals surface area contributed by atoms with Crippen LogP contribution in [-0.4, -0.2) is 47.5 Å². The number of anilines is 4. The molecule has 10 nitrogen and oxygen atoms in total. The molecule has 1 aliphatic heterocycles. The molecule has 2 fully saturated rings. The number of thiazole rings is 1. The number of amides is 1. The minimum absolute atomic E-state index is 0.0934. The van der Waals surface area contributed by atoms with E-state index >= 15 is 0 Å². The lowest BCUT2D eigenvalue weighted by Gasteiger charge is -2.33. The second kappa shape index (κ2) is 7.55. The van der Waals surface area contributed by atoms with Crippen LogP contribution in [0.2, 0.25) is 0 Å². The quantitative estimate of drug-likeness (QED) is 0.398. The van der Waals surface area contributed by atoms with Crippen LogP contribution in [0.3, 0.4) is 0 Å². The van der Waals surface area contributed by atoms with Crippen molar-refractivity contribution in [2.45, 2.75) is 51.0 Å².